The molecule has 0 aromatic rings. The van der Waals surface area contributed by atoms with Gasteiger partial charge in [-0.1, -0.05) is 0 Å². The number of piperidine rings is 1. The highest BCUT2D eigenvalue weighted by molar-refractivity contribution is 6.27. The highest BCUT2D eigenvalue weighted by atomic mass is 16.6. The lowest BCUT2D eigenvalue weighted by Gasteiger charge is -2.49. The Morgan fingerprint density at radius 2 is 1.68 bits per heavy atom. The van der Waals surface area contributed by atoms with E-state index in [0.717, 1.165) is 26.1 Å². The number of ether oxygens (including phenoxy) is 1. The predicted octanol–water partition coefficient (Wildman–Crippen LogP) is 0.905. The molecule has 0 aromatic carbocycles. The average Bonchev–Trinajstić information content (AvgIpc) is 2.35. The van der Waals surface area contributed by atoms with Crippen molar-refractivity contribution in [1.82, 2.24) is 10.2 Å². The Hall–Kier alpha value is -1.83. The molecule has 0 saturated carbocycles. The van der Waals surface area contributed by atoms with E-state index in [-0.39, 0.29) is 11.6 Å². The van der Waals surface area contributed by atoms with E-state index in [1.54, 1.807) is 0 Å². The number of hydrogen-bond acceptors (Lipinski definition) is 5. The van der Waals surface area contributed by atoms with Crippen molar-refractivity contribution in [1.29, 1.82) is 0 Å². The SMILES string of the molecule is CC(C)(C)OC(=O)N1CCCC2(CCN2)C1.O=C(O)C(=O)O. The molecule has 2 aliphatic heterocycles. The van der Waals surface area contributed by atoms with Crippen molar-refractivity contribution < 1.29 is 29.3 Å². The molecular weight excluding hydrogens is 292 g/mol. The normalized spacial score (nSPS) is 23.9. The van der Waals surface area contributed by atoms with Gasteiger partial charge in [-0.3, -0.25) is 0 Å². The van der Waals surface area contributed by atoms with Crippen molar-refractivity contribution in [3.63, 3.8) is 0 Å². The molecule has 126 valence electrons. The van der Waals surface area contributed by atoms with Crippen molar-refractivity contribution in [3.05, 3.63) is 0 Å². The summed E-state index contributed by atoms with van der Waals surface area (Å²) in [5, 5.41) is 18.2. The maximum absolute atomic E-state index is 11.9. The first-order valence-electron chi connectivity index (χ1n) is 7.24. The highest BCUT2D eigenvalue weighted by Gasteiger charge is 2.42. The van der Waals surface area contributed by atoms with Crippen LogP contribution < -0.4 is 5.32 Å². The molecule has 2 saturated heterocycles. The third-order valence-corrected chi connectivity index (χ3v) is 3.52. The van der Waals surface area contributed by atoms with Crippen LogP contribution in [-0.2, 0) is 14.3 Å². The highest BCUT2D eigenvalue weighted by Crippen LogP contribution is 2.30. The number of nitrogens with one attached hydrogen (secondary N) is 1. The van der Waals surface area contributed by atoms with Crippen LogP contribution in [0.2, 0.25) is 0 Å². The molecule has 0 radical (unpaired) electrons. The zero-order valence-corrected chi connectivity index (χ0v) is 13.2. The molecule has 8 nitrogen and oxygen atoms in total. The van der Waals surface area contributed by atoms with E-state index in [2.05, 4.69) is 5.32 Å². The lowest BCUT2D eigenvalue weighted by molar-refractivity contribution is -0.159. The van der Waals surface area contributed by atoms with Gasteiger partial charge in [-0.2, -0.15) is 0 Å². The number of carboxylic acids is 2. The van der Waals surface area contributed by atoms with Gasteiger partial charge in [-0.25, -0.2) is 14.4 Å². The van der Waals surface area contributed by atoms with E-state index in [1.807, 2.05) is 25.7 Å². The first-order valence-corrected chi connectivity index (χ1v) is 7.24. The van der Waals surface area contributed by atoms with Gasteiger partial charge in [0, 0.05) is 18.6 Å². The smallest absolute Gasteiger partial charge is 0.414 e. The summed E-state index contributed by atoms with van der Waals surface area (Å²) in [6.07, 6.45) is 3.28. The fourth-order valence-electron chi connectivity index (χ4n) is 2.44. The molecule has 1 unspecified atom stereocenters. The minimum absolute atomic E-state index is 0.166. The van der Waals surface area contributed by atoms with E-state index >= 15 is 0 Å². The maximum atomic E-state index is 11.9. The molecule has 1 atom stereocenters. The molecule has 0 aliphatic carbocycles. The molecule has 2 rings (SSSR count). The van der Waals surface area contributed by atoms with E-state index in [0.29, 0.717) is 0 Å². The molecular formula is C14H24N2O6. The second kappa shape index (κ2) is 6.95. The number of carbonyl (C=O) groups excluding carboxylic acids is 1. The third kappa shape index (κ3) is 5.51. The average molecular weight is 316 g/mol. The van der Waals surface area contributed by atoms with Crippen LogP contribution in [0.3, 0.4) is 0 Å². The number of hydrogen-bond donors (Lipinski definition) is 3. The maximum Gasteiger partial charge on any atom is 0.414 e. The molecule has 2 heterocycles. The summed E-state index contributed by atoms with van der Waals surface area (Å²) in [4.78, 5) is 32.0. The Bertz CT molecular complexity index is 427. The minimum Gasteiger partial charge on any atom is -0.473 e. The first-order chi connectivity index (χ1) is 10.0. The van der Waals surface area contributed by atoms with Crippen LogP contribution in [0.5, 0.6) is 0 Å². The molecule has 0 bridgehead atoms. The van der Waals surface area contributed by atoms with E-state index in [1.165, 1.54) is 12.8 Å². The summed E-state index contributed by atoms with van der Waals surface area (Å²) in [6, 6.07) is 0. The summed E-state index contributed by atoms with van der Waals surface area (Å²) in [7, 11) is 0. The van der Waals surface area contributed by atoms with Crippen LogP contribution in [0.25, 0.3) is 0 Å². The van der Waals surface area contributed by atoms with E-state index < -0.39 is 17.5 Å². The van der Waals surface area contributed by atoms with Crippen molar-refractivity contribution in [3.8, 4) is 0 Å². The summed E-state index contributed by atoms with van der Waals surface area (Å²) in [5.41, 5.74) is -0.191. The Morgan fingerprint density at radius 1 is 1.14 bits per heavy atom. The number of carbonyl (C=O) groups is 3. The third-order valence-electron chi connectivity index (χ3n) is 3.52. The summed E-state index contributed by atoms with van der Waals surface area (Å²) >= 11 is 0. The van der Waals surface area contributed by atoms with Gasteiger partial charge in [0.1, 0.15) is 5.60 Å². The van der Waals surface area contributed by atoms with Crippen LogP contribution in [0.1, 0.15) is 40.0 Å². The number of aliphatic carboxylic acids is 2. The largest absolute Gasteiger partial charge is 0.473 e. The zero-order valence-electron chi connectivity index (χ0n) is 13.2. The Balaban J connectivity index is 0.000000346. The second-order valence-corrected chi connectivity index (χ2v) is 6.57. The van der Waals surface area contributed by atoms with Crippen LogP contribution in [-0.4, -0.2) is 63.9 Å². The van der Waals surface area contributed by atoms with E-state index in [9.17, 15) is 4.79 Å². The Kier molecular flexibility index (Phi) is 5.76. The molecule has 22 heavy (non-hydrogen) atoms. The van der Waals surface area contributed by atoms with Gasteiger partial charge < -0.3 is 25.2 Å². The topological polar surface area (TPSA) is 116 Å². The molecule has 3 N–H and O–H groups in total. The minimum atomic E-state index is -1.82. The predicted molar refractivity (Wildman–Crippen MR) is 77.7 cm³/mol. The number of carboxylic acid groups (broad SMARTS) is 2. The quantitative estimate of drug-likeness (QED) is 0.569. The van der Waals surface area contributed by atoms with Crippen molar-refractivity contribution >= 4 is 18.0 Å². The fourth-order valence-corrected chi connectivity index (χ4v) is 2.44. The lowest BCUT2D eigenvalue weighted by Crippen LogP contribution is -2.65. The van der Waals surface area contributed by atoms with Crippen LogP contribution >= 0.6 is 0 Å². The van der Waals surface area contributed by atoms with E-state index in [4.69, 9.17) is 24.5 Å². The molecule has 2 fully saturated rings. The van der Waals surface area contributed by atoms with Crippen LogP contribution in [0.4, 0.5) is 4.79 Å². The van der Waals surface area contributed by atoms with Crippen molar-refractivity contribution in [2.45, 2.75) is 51.2 Å². The standard InChI is InChI=1S/C12H22N2O2.C2H2O4/c1-11(2,3)16-10(15)14-8-4-5-12(9-14)6-7-13-12;3-1(4)2(5)6/h13H,4-9H2,1-3H3;(H,3,4)(H,5,6). The van der Waals surface area contributed by atoms with Crippen molar-refractivity contribution in [2.75, 3.05) is 19.6 Å². The van der Waals surface area contributed by atoms with Gasteiger partial charge in [0.25, 0.3) is 0 Å². The van der Waals surface area contributed by atoms with Gasteiger partial charge in [0.2, 0.25) is 0 Å². The first kappa shape index (κ1) is 18.2. The number of likely N-dealkylation sites (tertiary alicyclic amines) is 1. The molecule has 2 aliphatic rings. The summed E-state index contributed by atoms with van der Waals surface area (Å²) in [5.74, 6) is -3.65. The number of nitrogens with zero attached hydrogens (tertiary/aromatic N) is 1. The molecule has 1 amide bonds. The Labute approximate surface area is 129 Å². The van der Waals surface area contributed by atoms with Gasteiger partial charge in [0.05, 0.1) is 0 Å². The molecule has 0 aromatic heterocycles. The fraction of sp³-hybridized carbons (Fsp3) is 0.786. The lowest BCUT2D eigenvalue weighted by atomic mass is 9.80. The summed E-state index contributed by atoms with van der Waals surface area (Å²) < 4.78 is 5.40. The second-order valence-electron chi connectivity index (χ2n) is 6.57. The molecule has 1 spiro atoms. The Morgan fingerprint density at radius 3 is 2.05 bits per heavy atom. The summed E-state index contributed by atoms with van der Waals surface area (Å²) in [6.45, 7) is 8.45. The van der Waals surface area contributed by atoms with Crippen LogP contribution in [0.15, 0.2) is 0 Å². The van der Waals surface area contributed by atoms with Gasteiger partial charge in [-0.05, 0) is 46.6 Å². The van der Waals surface area contributed by atoms with Gasteiger partial charge in [-0.15, -0.1) is 0 Å². The van der Waals surface area contributed by atoms with Gasteiger partial charge in [0.15, 0.2) is 0 Å². The van der Waals surface area contributed by atoms with Gasteiger partial charge >= 0.3 is 18.0 Å². The monoisotopic (exact) mass is 316 g/mol. The zero-order chi connectivity index (χ0) is 17.0. The van der Waals surface area contributed by atoms with Crippen molar-refractivity contribution in [2.24, 2.45) is 0 Å². The molecule has 8 heteroatoms. The van der Waals surface area contributed by atoms with Crippen LogP contribution in [0, 0.1) is 0 Å². The number of rotatable bonds is 0. The number of amides is 1.